The summed E-state index contributed by atoms with van der Waals surface area (Å²) >= 11 is 0. The van der Waals surface area contributed by atoms with Crippen LogP contribution in [0.25, 0.3) is 27.5 Å². The molecule has 0 N–H and O–H groups in total. The molecule has 0 aliphatic carbocycles. The molecule has 2 aromatic carbocycles. The lowest BCUT2D eigenvalue weighted by Crippen LogP contribution is -2.25. The molecule has 38 heavy (non-hydrogen) atoms. The third-order valence-electron chi connectivity index (χ3n) is 6.81. The predicted octanol–water partition coefficient (Wildman–Crippen LogP) is 4.31. The van der Waals surface area contributed by atoms with Gasteiger partial charge >= 0.3 is 0 Å². The van der Waals surface area contributed by atoms with E-state index >= 15 is 0 Å². The van der Waals surface area contributed by atoms with E-state index in [2.05, 4.69) is 30.8 Å². The fourth-order valence-corrected chi connectivity index (χ4v) is 4.86. The molecule has 0 spiro atoms. The molecule has 6 aromatic rings. The Balaban J connectivity index is 1.51. The van der Waals surface area contributed by atoms with E-state index in [0.29, 0.717) is 17.8 Å². The fraction of sp³-hybridized carbons (Fsp3) is 0.276. The fourth-order valence-electron chi connectivity index (χ4n) is 4.86. The van der Waals surface area contributed by atoms with Crippen LogP contribution in [0, 0.1) is 0 Å². The Kier molecular flexibility index (Phi) is 5.52. The highest BCUT2D eigenvalue weighted by atomic mass is 16.1. The van der Waals surface area contributed by atoms with Crippen LogP contribution >= 0.6 is 0 Å². The highest BCUT2D eigenvalue weighted by Gasteiger charge is 2.22. The topological polar surface area (TPSA) is 86.1 Å². The van der Waals surface area contributed by atoms with Gasteiger partial charge in [0.1, 0.15) is 11.5 Å². The normalized spacial score (nSPS) is 12.1. The van der Waals surface area contributed by atoms with Crippen molar-refractivity contribution in [3.05, 3.63) is 94.4 Å². The molecular formula is C29H30N8O. The Labute approximate surface area is 220 Å². The smallest absolute Gasteiger partial charge is 0.262 e. The summed E-state index contributed by atoms with van der Waals surface area (Å²) in [7, 11) is 3.92. The number of aryl methyl sites for hydroxylation is 1. The second kappa shape index (κ2) is 8.79. The van der Waals surface area contributed by atoms with Crippen molar-refractivity contribution in [1.82, 2.24) is 33.9 Å². The van der Waals surface area contributed by atoms with E-state index in [1.54, 1.807) is 9.25 Å². The number of benzene rings is 2. The molecule has 6 rings (SSSR count). The van der Waals surface area contributed by atoms with E-state index < -0.39 is 0 Å². The van der Waals surface area contributed by atoms with Crippen molar-refractivity contribution >= 4 is 33.3 Å². The summed E-state index contributed by atoms with van der Waals surface area (Å²) in [6.07, 6.45) is 3.86. The molecule has 0 aliphatic rings. The second-order valence-electron chi connectivity index (χ2n) is 10.8. The molecule has 0 fully saturated rings. The van der Waals surface area contributed by atoms with Crippen LogP contribution < -0.4 is 10.5 Å². The van der Waals surface area contributed by atoms with Gasteiger partial charge in [0.05, 0.1) is 34.9 Å². The van der Waals surface area contributed by atoms with E-state index in [9.17, 15) is 4.79 Å². The maximum absolute atomic E-state index is 13.8. The first-order chi connectivity index (χ1) is 18.2. The van der Waals surface area contributed by atoms with Gasteiger partial charge in [-0.25, -0.2) is 14.5 Å². The Morgan fingerprint density at radius 3 is 2.45 bits per heavy atom. The van der Waals surface area contributed by atoms with Crippen molar-refractivity contribution in [2.24, 2.45) is 7.05 Å². The summed E-state index contributed by atoms with van der Waals surface area (Å²) in [5, 5.41) is 10.8. The van der Waals surface area contributed by atoms with Gasteiger partial charge < -0.3 is 4.90 Å². The van der Waals surface area contributed by atoms with Crippen molar-refractivity contribution in [1.29, 1.82) is 0 Å². The summed E-state index contributed by atoms with van der Waals surface area (Å²) < 4.78 is 5.40. The summed E-state index contributed by atoms with van der Waals surface area (Å²) in [6, 6.07) is 17.6. The van der Waals surface area contributed by atoms with Crippen molar-refractivity contribution in [3.63, 3.8) is 0 Å². The van der Waals surface area contributed by atoms with Crippen LogP contribution in [0.15, 0.2) is 71.8 Å². The van der Waals surface area contributed by atoms with Crippen molar-refractivity contribution in [2.75, 3.05) is 11.9 Å². The molecular weight excluding hydrogens is 476 g/mol. The lowest BCUT2D eigenvalue weighted by atomic mass is 9.93. The number of rotatable bonds is 5. The molecule has 9 heteroatoms. The number of anilines is 1. The van der Waals surface area contributed by atoms with Crippen LogP contribution in [0.4, 0.5) is 5.82 Å². The van der Waals surface area contributed by atoms with Gasteiger partial charge in [0, 0.05) is 49.3 Å². The van der Waals surface area contributed by atoms with Gasteiger partial charge in [0.25, 0.3) is 5.56 Å². The van der Waals surface area contributed by atoms with Crippen molar-refractivity contribution in [2.45, 2.75) is 39.3 Å². The molecule has 0 radical (unpaired) electrons. The summed E-state index contributed by atoms with van der Waals surface area (Å²) in [5.74, 6) is 1.37. The maximum atomic E-state index is 13.8. The molecule has 0 amide bonds. The van der Waals surface area contributed by atoms with Crippen LogP contribution in [0.5, 0.6) is 0 Å². The minimum atomic E-state index is -0.171. The monoisotopic (exact) mass is 506 g/mol. The Bertz CT molecular complexity index is 1870. The predicted molar refractivity (Wildman–Crippen MR) is 150 cm³/mol. The van der Waals surface area contributed by atoms with Gasteiger partial charge in [-0.2, -0.15) is 10.2 Å². The zero-order valence-electron chi connectivity index (χ0n) is 22.3. The molecule has 0 saturated heterocycles. The average molecular weight is 507 g/mol. The van der Waals surface area contributed by atoms with Gasteiger partial charge in [0.2, 0.25) is 0 Å². The van der Waals surface area contributed by atoms with E-state index in [0.717, 1.165) is 39.1 Å². The lowest BCUT2D eigenvalue weighted by Gasteiger charge is -2.20. The third kappa shape index (κ3) is 4.09. The molecule has 0 saturated carbocycles. The number of hydrogen-bond acceptors (Lipinski definition) is 6. The minimum absolute atomic E-state index is 0.0875. The zero-order valence-corrected chi connectivity index (χ0v) is 22.3. The standard InChI is InChI=1S/C29H30N8O/c1-29(2,3)24-14-26-36(28(38)21-11-7-9-13-23(21)37(26)33-24)18-25-31-22-12-8-6-10-20(22)27(32-25)34(4)16-19-15-30-35(5)17-19/h6-15,17H,16,18H2,1-5H3. The first kappa shape index (κ1) is 23.8. The second-order valence-corrected chi connectivity index (χ2v) is 10.8. The number of nitrogens with zero attached hydrogens (tertiary/aromatic N) is 8. The van der Waals surface area contributed by atoms with Gasteiger partial charge in [-0.1, -0.05) is 45.0 Å². The lowest BCUT2D eigenvalue weighted by molar-refractivity contribution is 0.563. The first-order valence-corrected chi connectivity index (χ1v) is 12.6. The number of fused-ring (bicyclic) bond motifs is 4. The first-order valence-electron chi connectivity index (χ1n) is 12.6. The quantitative estimate of drug-likeness (QED) is 0.346. The summed E-state index contributed by atoms with van der Waals surface area (Å²) in [6.45, 7) is 7.23. The van der Waals surface area contributed by atoms with E-state index in [-0.39, 0.29) is 17.5 Å². The minimum Gasteiger partial charge on any atom is -0.355 e. The van der Waals surface area contributed by atoms with Gasteiger partial charge in [-0.05, 0) is 24.3 Å². The van der Waals surface area contributed by atoms with Crippen LogP contribution in [0.3, 0.4) is 0 Å². The van der Waals surface area contributed by atoms with Crippen LogP contribution in [0.2, 0.25) is 0 Å². The van der Waals surface area contributed by atoms with E-state index in [4.69, 9.17) is 15.1 Å². The van der Waals surface area contributed by atoms with Gasteiger partial charge in [-0.3, -0.25) is 14.0 Å². The van der Waals surface area contributed by atoms with Gasteiger partial charge in [-0.15, -0.1) is 0 Å². The number of aromatic nitrogens is 7. The van der Waals surface area contributed by atoms with E-state index in [1.807, 2.05) is 85.6 Å². The van der Waals surface area contributed by atoms with Gasteiger partial charge in [0.15, 0.2) is 5.82 Å². The largest absolute Gasteiger partial charge is 0.355 e. The Hall–Kier alpha value is -4.53. The molecule has 0 unspecified atom stereocenters. The third-order valence-corrected chi connectivity index (χ3v) is 6.81. The molecule has 0 aliphatic heterocycles. The average Bonchev–Trinajstić information content (AvgIpc) is 3.52. The van der Waals surface area contributed by atoms with Crippen molar-refractivity contribution < 1.29 is 0 Å². The van der Waals surface area contributed by atoms with E-state index in [1.165, 1.54) is 0 Å². The molecule has 192 valence electrons. The van der Waals surface area contributed by atoms with Crippen LogP contribution in [-0.2, 0) is 25.6 Å². The summed E-state index contributed by atoms with van der Waals surface area (Å²) in [4.78, 5) is 25.7. The molecule has 4 heterocycles. The zero-order chi connectivity index (χ0) is 26.6. The molecule has 9 nitrogen and oxygen atoms in total. The number of para-hydroxylation sites is 2. The Morgan fingerprint density at radius 1 is 0.974 bits per heavy atom. The van der Waals surface area contributed by atoms with Crippen molar-refractivity contribution in [3.8, 4) is 0 Å². The highest BCUT2D eigenvalue weighted by Crippen LogP contribution is 2.26. The maximum Gasteiger partial charge on any atom is 0.262 e. The highest BCUT2D eigenvalue weighted by molar-refractivity contribution is 5.89. The Morgan fingerprint density at radius 2 is 1.71 bits per heavy atom. The van der Waals surface area contributed by atoms with Crippen LogP contribution in [0.1, 0.15) is 37.9 Å². The molecule has 0 bridgehead atoms. The SMILES string of the molecule is CN(Cc1cnn(C)c1)c1nc(Cn2c(=O)c3ccccc3n3nc(C(C)(C)C)cc23)nc2ccccc12. The summed E-state index contributed by atoms with van der Waals surface area (Å²) in [5.41, 5.74) is 4.08. The number of hydrogen-bond donors (Lipinski definition) is 0. The van der Waals surface area contributed by atoms with Crippen LogP contribution in [-0.4, -0.2) is 41.0 Å². The molecule has 0 atom stereocenters. The molecule has 4 aromatic heterocycles.